The first-order chi connectivity index (χ1) is 0. The van der Waals surface area contributed by atoms with Crippen LogP contribution in [0.1, 0.15) is 0 Å². The van der Waals surface area contributed by atoms with Gasteiger partial charge in [0.05, 0.1) is 0 Å². The van der Waals surface area contributed by atoms with Crippen molar-refractivity contribution >= 4 is 0 Å². The average Bonchev–Trinajstić information content (AvgIpc) is 0. The second kappa shape index (κ2) is 23.3. The van der Waals surface area contributed by atoms with Gasteiger partial charge >= 0.3 is 17.1 Å². The van der Waals surface area contributed by atoms with Crippen molar-refractivity contribution in [1.82, 2.24) is 0 Å². The predicted octanol–water partition coefficient (Wildman–Crippen LogP) is -0.126. The van der Waals surface area contributed by atoms with Gasteiger partial charge in [0.15, 0.2) is 0 Å². The first kappa shape index (κ1) is 46.4. The molecule has 0 aliphatic rings. The van der Waals surface area contributed by atoms with Crippen LogP contribution in [0.3, 0.4) is 0 Å². The summed E-state index contributed by atoms with van der Waals surface area (Å²) in [4.78, 5) is 0. The van der Waals surface area contributed by atoms with Crippen molar-refractivity contribution in [3.8, 4) is 0 Å². The van der Waals surface area contributed by atoms with E-state index in [0.717, 1.165) is 0 Å². The van der Waals surface area contributed by atoms with E-state index in [9.17, 15) is 0 Å². The molecule has 0 unspecified atom stereocenters. The van der Waals surface area contributed by atoms with Crippen LogP contribution in [0.15, 0.2) is 0 Å². The van der Waals surface area contributed by atoms with Gasteiger partial charge in [-0.25, -0.2) is 0 Å². The van der Waals surface area contributed by atoms with E-state index in [0.29, 0.717) is 0 Å². The van der Waals surface area contributed by atoms with Gasteiger partial charge in [-0.05, 0) is 0 Å². The molecule has 0 spiro atoms. The zero-order valence-corrected chi connectivity index (χ0v) is 5.49. The minimum atomic E-state index is 0. The number of rotatable bonds is 0. The minimum absolute atomic E-state index is 0. The van der Waals surface area contributed by atoms with Crippen LogP contribution < -0.4 is 0 Å². The van der Waals surface area contributed by atoms with E-state index in [4.69, 9.17) is 0 Å². The van der Waals surface area contributed by atoms with Gasteiger partial charge in [0.1, 0.15) is 0 Å². The molecule has 0 saturated heterocycles. The molecule has 0 aromatic carbocycles. The minimum Gasteiger partial charge on any atom is -2.00 e. The van der Waals surface area contributed by atoms with Crippen LogP contribution in [0.4, 0.5) is 0 Å². The van der Waals surface area contributed by atoms with Crippen molar-refractivity contribution in [2.75, 3.05) is 0 Å². The van der Waals surface area contributed by atoms with Crippen LogP contribution in [0, 0.1) is 0 Å². The molecule has 2 radical (unpaired) electrons. The van der Waals surface area contributed by atoms with Gasteiger partial charge in [-0.15, -0.1) is 0 Å². The maximum Gasteiger partial charge on any atom is 2.00 e. The third-order valence-electron chi connectivity index (χ3n) is 0. The van der Waals surface area contributed by atoms with E-state index in [1.807, 2.05) is 0 Å². The SMILES string of the molecule is [Cr].[Mn+2].[O-2].[V]. The van der Waals surface area contributed by atoms with Crippen molar-refractivity contribution in [2.45, 2.75) is 0 Å². The van der Waals surface area contributed by atoms with E-state index in [1.54, 1.807) is 0 Å². The Morgan fingerprint density at radius 2 is 1.00 bits per heavy atom. The zero-order chi connectivity index (χ0) is 0. The van der Waals surface area contributed by atoms with Crippen LogP contribution in [0.25, 0.3) is 0 Å². The van der Waals surface area contributed by atoms with Crippen molar-refractivity contribution < 1.29 is 58.5 Å². The molecule has 0 aromatic rings. The molecule has 0 amide bonds. The fourth-order valence-electron chi connectivity index (χ4n) is 0. The fourth-order valence-corrected chi connectivity index (χ4v) is 0. The molecule has 1 nitrogen and oxygen atoms in total. The van der Waals surface area contributed by atoms with Gasteiger partial charge in [0.2, 0.25) is 0 Å². The Morgan fingerprint density at radius 1 is 1.00 bits per heavy atom. The van der Waals surface area contributed by atoms with Gasteiger partial charge in [0.25, 0.3) is 0 Å². The second-order valence-electron chi connectivity index (χ2n) is 0. The summed E-state index contributed by atoms with van der Waals surface area (Å²) in [6.07, 6.45) is 0. The summed E-state index contributed by atoms with van der Waals surface area (Å²) in [6.45, 7) is 0. The van der Waals surface area contributed by atoms with Crippen LogP contribution in [0.2, 0.25) is 0 Å². The molecule has 0 bridgehead atoms. The molecule has 0 atom stereocenters. The normalized spacial score (nSPS) is 0. The summed E-state index contributed by atoms with van der Waals surface area (Å²) in [6, 6.07) is 0. The van der Waals surface area contributed by atoms with E-state index < -0.39 is 0 Å². The molecule has 0 fully saturated rings. The van der Waals surface area contributed by atoms with Crippen LogP contribution >= 0.6 is 0 Å². The average molecular weight is 174 g/mol. The molecule has 0 rings (SSSR count). The summed E-state index contributed by atoms with van der Waals surface area (Å²) < 4.78 is 0. The summed E-state index contributed by atoms with van der Waals surface area (Å²) in [5.41, 5.74) is 0. The Kier molecular flexibility index (Phi) is 271. The summed E-state index contributed by atoms with van der Waals surface area (Å²) in [7, 11) is 0. The molecule has 4 heteroatoms. The van der Waals surface area contributed by atoms with Crippen molar-refractivity contribution in [3.05, 3.63) is 0 Å². The van der Waals surface area contributed by atoms with Gasteiger partial charge in [-0.2, -0.15) is 0 Å². The summed E-state index contributed by atoms with van der Waals surface area (Å²) >= 11 is 0. The third kappa shape index (κ3) is 9.51. The topological polar surface area (TPSA) is 28.5 Å². The standard InChI is InChI=1S/Cr.Mn.O.V/q;+2;-2;. The van der Waals surface area contributed by atoms with Gasteiger partial charge in [-0.3, -0.25) is 0 Å². The number of hydrogen-bond acceptors (Lipinski definition) is 0. The monoisotopic (exact) mass is 174 g/mol. The molecule has 0 saturated carbocycles. The molecule has 24 valence electrons. The maximum absolute atomic E-state index is 0. The Bertz CT molecular complexity index is 8.00. The largest absolute Gasteiger partial charge is 2.00 e. The molecule has 0 aliphatic heterocycles. The Balaban J connectivity index is 0. The molecule has 0 N–H and O–H groups in total. The van der Waals surface area contributed by atoms with Crippen molar-refractivity contribution in [2.24, 2.45) is 0 Å². The van der Waals surface area contributed by atoms with Crippen LogP contribution in [-0.4, -0.2) is 0 Å². The third-order valence-corrected chi connectivity index (χ3v) is 0. The molecular weight excluding hydrogens is 174 g/mol. The predicted molar refractivity (Wildman–Crippen MR) is 0.686 cm³/mol. The second-order valence-corrected chi connectivity index (χ2v) is 0. The first-order valence-corrected chi connectivity index (χ1v) is 0. The zero-order valence-electron chi connectivity index (χ0n) is 1.64. The molecular formula is CrMnOV. The van der Waals surface area contributed by atoms with Crippen LogP contribution in [0.5, 0.6) is 0 Å². The Morgan fingerprint density at radius 3 is 1.00 bits per heavy atom. The molecule has 0 aromatic heterocycles. The number of hydrogen-bond donors (Lipinski definition) is 0. The van der Waals surface area contributed by atoms with E-state index in [1.165, 1.54) is 0 Å². The van der Waals surface area contributed by atoms with Crippen molar-refractivity contribution in [1.29, 1.82) is 0 Å². The van der Waals surface area contributed by atoms with Gasteiger partial charge in [0, 0.05) is 35.9 Å². The maximum atomic E-state index is 0. The van der Waals surface area contributed by atoms with E-state index in [2.05, 4.69) is 0 Å². The van der Waals surface area contributed by atoms with E-state index >= 15 is 0 Å². The first-order valence-electron chi connectivity index (χ1n) is 0. The van der Waals surface area contributed by atoms with Gasteiger partial charge < -0.3 is 5.48 Å². The molecule has 0 heterocycles. The Hall–Kier alpha value is 1.60. The summed E-state index contributed by atoms with van der Waals surface area (Å²) in [5, 5.41) is 0. The van der Waals surface area contributed by atoms with Crippen LogP contribution in [-0.2, 0) is 58.5 Å². The fraction of sp³-hybridized carbons (Fsp3) is 0. The van der Waals surface area contributed by atoms with E-state index in [-0.39, 0.29) is 58.5 Å². The quantitative estimate of drug-likeness (QED) is 0.457. The molecule has 4 heavy (non-hydrogen) atoms. The smallest absolute Gasteiger partial charge is 2.00 e. The Labute approximate surface area is 58.3 Å². The van der Waals surface area contributed by atoms with Gasteiger partial charge in [-0.1, -0.05) is 0 Å². The molecule has 0 aliphatic carbocycles. The summed E-state index contributed by atoms with van der Waals surface area (Å²) in [5.74, 6) is 0. The van der Waals surface area contributed by atoms with Crippen molar-refractivity contribution in [3.63, 3.8) is 0 Å².